The van der Waals surface area contributed by atoms with Crippen LogP contribution in [0, 0.1) is 6.92 Å². The lowest BCUT2D eigenvalue weighted by Crippen LogP contribution is -2.37. The second kappa shape index (κ2) is 15.4. The number of imidazole rings is 1. The van der Waals surface area contributed by atoms with Gasteiger partial charge >= 0.3 is 18.3 Å². The third kappa shape index (κ3) is 9.20. The molecule has 16 heteroatoms. The van der Waals surface area contributed by atoms with E-state index in [1.54, 1.807) is 38.1 Å². The fourth-order valence-corrected chi connectivity index (χ4v) is 4.96. The number of halogens is 2. The molecule has 0 fully saturated rings. The monoisotopic (exact) mass is 651 g/mol. The molecule has 0 aliphatic rings. The first-order valence-electron chi connectivity index (χ1n) is 13.7. The Morgan fingerprint density at radius 1 is 1.04 bits per heavy atom. The summed E-state index contributed by atoms with van der Waals surface area (Å²) in [6, 6.07) is 7.48. The number of para-hydroxylation sites is 2. The highest BCUT2D eigenvalue weighted by molar-refractivity contribution is 7.94. The second-order valence-corrected chi connectivity index (χ2v) is 11.2. The van der Waals surface area contributed by atoms with E-state index in [2.05, 4.69) is 21.3 Å². The number of hydrogen-bond donors (Lipinski definition) is 0. The third-order valence-electron chi connectivity index (χ3n) is 6.21. The molecule has 244 valence electrons. The van der Waals surface area contributed by atoms with Crippen molar-refractivity contribution in [3.05, 3.63) is 54.4 Å². The summed E-state index contributed by atoms with van der Waals surface area (Å²) < 4.78 is 61.7. The van der Waals surface area contributed by atoms with E-state index in [0.29, 0.717) is 16.6 Å². The predicted octanol–water partition coefficient (Wildman–Crippen LogP) is 4.69. The number of nitrogens with zero attached hydrogens (tertiary/aromatic N) is 5. The Morgan fingerprint density at radius 3 is 2.40 bits per heavy atom. The van der Waals surface area contributed by atoms with Crippen molar-refractivity contribution < 1.29 is 46.3 Å². The van der Waals surface area contributed by atoms with Crippen molar-refractivity contribution in [2.45, 2.75) is 31.9 Å². The lowest BCUT2D eigenvalue weighted by Gasteiger charge is -2.21. The second-order valence-electron chi connectivity index (χ2n) is 9.82. The normalized spacial score (nSPS) is 11.9. The van der Waals surface area contributed by atoms with Gasteiger partial charge in [-0.2, -0.15) is 0 Å². The smallest absolute Gasteiger partial charge is 0.487 e. The van der Waals surface area contributed by atoms with Crippen LogP contribution in [-0.4, -0.2) is 106 Å². The van der Waals surface area contributed by atoms with Crippen molar-refractivity contribution in [1.82, 2.24) is 24.3 Å². The molecule has 1 aromatic carbocycles. The fraction of sp³-hybridized carbons (Fsp3) is 0.414. The highest BCUT2D eigenvalue weighted by Crippen LogP contribution is 2.30. The van der Waals surface area contributed by atoms with Crippen molar-refractivity contribution in [3.8, 4) is 5.75 Å². The van der Waals surface area contributed by atoms with Crippen molar-refractivity contribution in [1.29, 1.82) is 0 Å². The quantitative estimate of drug-likeness (QED) is 0.239. The van der Waals surface area contributed by atoms with Crippen LogP contribution in [0.2, 0.25) is 0 Å². The van der Waals surface area contributed by atoms with Gasteiger partial charge in [-0.15, -0.1) is 0 Å². The molecule has 0 bridgehead atoms. The van der Waals surface area contributed by atoms with E-state index in [1.807, 2.05) is 0 Å². The first-order chi connectivity index (χ1) is 21.2. The molecule has 3 rings (SSSR count). The van der Waals surface area contributed by atoms with E-state index in [1.165, 1.54) is 40.7 Å². The van der Waals surface area contributed by atoms with Gasteiger partial charge in [-0.3, -0.25) is 4.98 Å². The molecule has 2 heterocycles. The molecule has 0 spiro atoms. The standard InChI is InChI=1S/C29H35F2N5O8S/c1-7-41-28(39)43-17-15-35(6)27(38)42-16-14-34(5)26(37)36-22-11-9-8-10-21(22)33-25(36)45(40)20(3)24-19(2)23(12-13-32-24)44-18-29(4,30)31/h8-13H,3,7,14-18H2,1-2,4-6H3/t45-/m1/s1. The van der Waals surface area contributed by atoms with Crippen LogP contribution in [0.1, 0.15) is 25.1 Å². The topological polar surface area (TPSA) is 142 Å². The van der Waals surface area contributed by atoms with Gasteiger partial charge in [0, 0.05) is 32.8 Å². The highest BCUT2D eigenvalue weighted by Gasteiger charge is 2.28. The summed E-state index contributed by atoms with van der Waals surface area (Å²) >= 11 is 0. The van der Waals surface area contributed by atoms with Gasteiger partial charge in [-0.25, -0.2) is 36.9 Å². The van der Waals surface area contributed by atoms with E-state index >= 15 is 0 Å². The Labute approximate surface area is 261 Å². The van der Waals surface area contributed by atoms with Crippen molar-refractivity contribution in [3.63, 3.8) is 0 Å². The van der Waals surface area contributed by atoms with E-state index < -0.39 is 41.6 Å². The van der Waals surface area contributed by atoms with Crippen LogP contribution in [0.5, 0.6) is 5.75 Å². The van der Waals surface area contributed by atoms with E-state index in [-0.39, 0.29) is 54.4 Å². The fourth-order valence-electron chi connectivity index (χ4n) is 3.83. The molecular formula is C29H35F2N5O8S. The molecule has 0 aliphatic heterocycles. The minimum Gasteiger partial charge on any atom is -0.487 e. The van der Waals surface area contributed by atoms with Crippen LogP contribution in [0.4, 0.5) is 23.2 Å². The van der Waals surface area contributed by atoms with Gasteiger partial charge in [-0.1, -0.05) is 18.7 Å². The first kappa shape index (κ1) is 34.9. The minimum atomic E-state index is -3.07. The molecule has 0 saturated carbocycles. The van der Waals surface area contributed by atoms with Crippen LogP contribution < -0.4 is 4.74 Å². The third-order valence-corrected chi connectivity index (χ3v) is 7.46. The molecule has 0 N–H and O–H groups in total. The Bertz CT molecular complexity index is 1580. The van der Waals surface area contributed by atoms with E-state index in [4.69, 9.17) is 14.2 Å². The molecule has 3 aromatic rings. The van der Waals surface area contributed by atoms with Crippen LogP contribution in [0.3, 0.4) is 0 Å². The molecule has 45 heavy (non-hydrogen) atoms. The number of benzene rings is 1. The lowest BCUT2D eigenvalue weighted by molar-refractivity contribution is -0.0231. The summed E-state index contributed by atoms with van der Waals surface area (Å²) in [6.07, 6.45) is -0.225. The number of fused-ring (bicyclic) bond motifs is 1. The average molecular weight is 652 g/mol. The largest absolute Gasteiger partial charge is 0.508 e. The van der Waals surface area contributed by atoms with Crippen molar-refractivity contribution >= 4 is 45.0 Å². The van der Waals surface area contributed by atoms with Gasteiger partial charge in [0.2, 0.25) is 5.16 Å². The molecule has 1 atom stereocenters. The number of pyridine rings is 1. The predicted molar refractivity (Wildman–Crippen MR) is 161 cm³/mol. The lowest BCUT2D eigenvalue weighted by atomic mass is 10.2. The molecular weight excluding hydrogens is 616 g/mol. The SMILES string of the molecule is C=C(c1nccc(OCC(C)(F)F)c1C)[S@@](=O)c1nc2ccccc2n1C(=O)N(C)CCOC(=O)N(C)CCOC(=O)OCC. The van der Waals surface area contributed by atoms with Gasteiger partial charge in [0.25, 0.3) is 5.92 Å². The van der Waals surface area contributed by atoms with Gasteiger partial charge in [-0.05, 0) is 32.0 Å². The molecule has 0 radical (unpaired) electrons. The zero-order valence-corrected chi connectivity index (χ0v) is 26.4. The maximum atomic E-state index is 13.8. The summed E-state index contributed by atoms with van der Waals surface area (Å²) in [5, 5.41) is -0.135. The molecule has 13 nitrogen and oxygen atoms in total. The summed E-state index contributed by atoms with van der Waals surface area (Å²) in [7, 11) is 0.805. The summed E-state index contributed by atoms with van der Waals surface area (Å²) in [6.45, 7) is 6.91. The Kier molecular flexibility index (Phi) is 11.9. The number of likely N-dealkylation sites (N-methyl/N-ethyl adjacent to an activating group) is 2. The zero-order valence-electron chi connectivity index (χ0n) is 25.6. The van der Waals surface area contributed by atoms with Crippen molar-refractivity contribution in [2.75, 3.05) is 53.6 Å². The first-order valence-corrected chi connectivity index (χ1v) is 14.9. The summed E-state index contributed by atoms with van der Waals surface area (Å²) in [4.78, 5) is 48.3. The Hall–Kier alpha value is -4.60. The van der Waals surface area contributed by atoms with Crippen molar-refractivity contribution in [2.24, 2.45) is 0 Å². The van der Waals surface area contributed by atoms with Crippen LogP contribution in [0.15, 0.2) is 48.3 Å². The summed E-state index contributed by atoms with van der Waals surface area (Å²) in [5.74, 6) is -2.95. The molecule has 0 aliphatic carbocycles. The molecule has 2 aromatic heterocycles. The van der Waals surface area contributed by atoms with E-state index in [0.717, 1.165) is 6.92 Å². The minimum absolute atomic E-state index is 0.0166. The Morgan fingerprint density at radius 2 is 1.71 bits per heavy atom. The van der Waals surface area contributed by atoms with Gasteiger partial charge in [0.1, 0.15) is 29.8 Å². The number of carbonyl (C=O) groups excluding carboxylic acids is 3. The number of rotatable bonds is 13. The maximum Gasteiger partial charge on any atom is 0.508 e. The maximum absolute atomic E-state index is 13.8. The number of hydrogen-bond acceptors (Lipinski definition) is 10. The molecule has 2 amide bonds. The number of ether oxygens (including phenoxy) is 4. The number of carbonyl (C=O) groups is 3. The van der Waals surface area contributed by atoms with Crippen LogP contribution in [0.25, 0.3) is 15.9 Å². The Balaban J connectivity index is 1.74. The van der Waals surface area contributed by atoms with Gasteiger partial charge in [0.15, 0.2) is 6.61 Å². The average Bonchev–Trinajstić information content (AvgIpc) is 3.38. The number of aromatic nitrogens is 3. The number of alkyl halides is 2. The number of amides is 2. The van der Waals surface area contributed by atoms with Crippen LogP contribution >= 0.6 is 0 Å². The summed E-state index contributed by atoms with van der Waals surface area (Å²) in [5.41, 5.74) is 1.25. The highest BCUT2D eigenvalue weighted by atomic mass is 32.2. The molecule has 0 saturated heterocycles. The zero-order chi connectivity index (χ0) is 33.3. The van der Waals surface area contributed by atoms with Gasteiger partial charge in [0.05, 0.1) is 41.3 Å². The van der Waals surface area contributed by atoms with Crippen LogP contribution in [-0.2, 0) is 25.0 Å². The molecule has 0 unspecified atom stereocenters. The van der Waals surface area contributed by atoms with E-state index in [9.17, 15) is 27.4 Å². The van der Waals surface area contributed by atoms with Gasteiger partial charge < -0.3 is 28.7 Å².